The van der Waals surface area contributed by atoms with E-state index in [1.165, 1.54) is 43.5 Å². The second-order valence-corrected chi connectivity index (χ2v) is 14.9. The molecule has 6 unspecified atom stereocenters. The van der Waals surface area contributed by atoms with Gasteiger partial charge in [0.05, 0.1) is 51.6 Å². The Morgan fingerprint density at radius 1 is 0.926 bits per heavy atom. The fraction of sp³-hybridized carbons (Fsp3) is 0.250. The van der Waals surface area contributed by atoms with Gasteiger partial charge in [0.1, 0.15) is 11.5 Å². The van der Waals surface area contributed by atoms with E-state index in [4.69, 9.17) is 27.9 Å². The SMILES string of the molecule is COc1ccc(C23C(=O)N(Nc4ccc(Cl)cc4Cl)C(=O)C2CC2C(=CCC4C(=O)N(c5cccc([N+](=O)[O-])c5)C(=O)C42)C3c2ccc(O)c(C)c2)cc1. The number of nitro groups is 1. The number of halogens is 2. The minimum Gasteiger partial charge on any atom is -0.508 e. The van der Waals surface area contributed by atoms with E-state index in [1.807, 2.05) is 6.08 Å². The number of imide groups is 2. The first-order valence-electron chi connectivity index (χ1n) is 17.2. The first kappa shape index (κ1) is 35.3. The normalized spacial score (nSPS) is 25.9. The van der Waals surface area contributed by atoms with Gasteiger partial charge in [-0.05, 0) is 84.8 Å². The van der Waals surface area contributed by atoms with Crippen LogP contribution in [0.25, 0.3) is 0 Å². The summed E-state index contributed by atoms with van der Waals surface area (Å²) in [4.78, 5) is 70.9. The van der Waals surface area contributed by atoms with Crippen molar-refractivity contribution in [3.05, 3.63) is 133 Å². The van der Waals surface area contributed by atoms with Gasteiger partial charge in [0.15, 0.2) is 0 Å². The van der Waals surface area contributed by atoms with Gasteiger partial charge in [-0.2, -0.15) is 5.01 Å². The standard InChI is InChI=1S/C40H32Cl2N4O8/c1-20-16-21(6-15-33(20)47)35-27-12-13-28-34(38(50)44(36(28)48)24-4-3-5-25(18-24)46(52)53)29(27)19-30-37(49)45(43-32-14-9-23(41)17-31(32)42)39(51)40(30,35)22-7-10-26(54-2)11-8-22/h3-12,14-18,28-30,34-35,43,47H,13,19H2,1-2H3. The highest BCUT2D eigenvalue weighted by atomic mass is 35.5. The van der Waals surface area contributed by atoms with Crippen LogP contribution in [0.5, 0.6) is 11.5 Å². The number of nitrogens with one attached hydrogen (secondary N) is 1. The number of ether oxygens (including phenoxy) is 1. The number of hydrogen-bond donors (Lipinski definition) is 2. The van der Waals surface area contributed by atoms with Gasteiger partial charge in [-0.1, -0.05) is 65.2 Å². The van der Waals surface area contributed by atoms with Gasteiger partial charge in [0, 0.05) is 23.1 Å². The molecule has 0 radical (unpaired) electrons. The summed E-state index contributed by atoms with van der Waals surface area (Å²) in [6, 6.07) is 22.0. The predicted octanol–water partition coefficient (Wildman–Crippen LogP) is 7.11. The molecule has 2 heterocycles. The number of rotatable bonds is 7. The largest absolute Gasteiger partial charge is 0.508 e. The van der Waals surface area contributed by atoms with Crippen molar-refractivity contribution in [3.8, 4) is 11.5 Å². The van der Waals surface area contributed by atoms with Crippen molar-refractivity contribution < 1.29 is 33.9 Å². The molecule has 4 aromatic rings. The first-order chi connectivity index (χ1) is 25.9. The second kappa shape index (κ2) is 13.0. The third-order valence-corrected chi connectivity index (χ3v) is 12.0. The molecule has 4 amide bonds. The lowest BCUT2D eigenvalue weighted by atomic mass is 9.49. The molecule has 0 spiro atoms. The Labute approximate surface area is 319 Å². The van der Waals surface area contributed by atoms with Crippen LogP contribution in [0.3, 0.4) is 0 Å². The third kappa shape index (κ3) is 5.18. The molecule has 2 aliphatic heterocycles. The maximum Gasteiger partial charge on any atom is 0.271 e. The number of benzene rings is 4. The average molecular weight is 768 g/mol. The molecular formula is C40H32Cl2N4O8. The summed E-state index contributed by atoms with van der Waals surface area (Å²) in [5, 5.41) is 23.7. The summed E-state index contributed by atoms with van der Waals surface area (Å²) in [5.74, 6) is -5.83. The maximum atomic E-state index is 15.4. The topological polar surface area (TPSA) is 159 Å². The van der Waals surface area contributed by atoms with Crippen molar-refractivity contribution in [2.24, 2.45) is 23.7 Å². The number of anilines is 2. The Hall–Kier alpha value is -5.72. The monoisotopic (exact) mass is 766 g/mol. The van der Waals surface area contributed by atoms with Crippen LogP contribution in [0.2, 0.25) is 10.0 Å². The van der Waals surface area contributed by atoms with Crippen LogP contribution in [-0.2, 0) is 24.6 Å². The van der Waals surface area contributed by atoms with E-state index >= 15 is 4.79 Å². The Morgan fingerprint density at radius 3 is 2.37 bits per heavy atom. The molecule has 1 saturated carbocycles. The zero-order valence-electron chi connectivity index (χ0n) is 28.9. The van der Waals surface area contributed by atoms with Gasteiger partial charge < -0.3 is 9.84 Å². The quantitative estimate of drug-likeness (QED) is 0.0865. The molecule has 274 valence electrons. The molecule has 6 atom stereocenters. The van der Waals surface area contributed by atoms with Crippen molar-refractivity contribution in [2.75, 3.05) is 17.4 Å². The van der Waals surface area contributed by atoms with Crippen LogP contribution in [0.15, 0.2) is 96.6 Å². The fourth-order valence-electron chi connectivity index (χ4n) is 9.08. The minimum atomic E-state index is -1.57. The number of amides is 4. The lowest BCUT2D eigenvalue weighted by molar-refractivity contribution is -0.384. The second-order valence-electron chi connectivity index (χ2n) is 14.0. The Kier molecular flexibility index (Phi) is 8.50. The van der Waals surface area contributed by atoms with E-state index in [0.29, 0.717) is 33.0 Å². The highest BCUT2D eigenvalue weighted by Gasteiger charge is 2.70. The molecule has 0 bridgehead atoms. The van der Waals surface area contributed by atoms with Crippen LogP contribution in [0, 0.1) is 40.7 Å². The number of allylic oxidation sites excluding steroid dienone is 2. The predicted molar refractivity (Wildman–Crippen MR) is 199 cm³/mol. The summed E-state index contributed by atoms with van der Waals surface area (Å²) in [5.41, 5.74) is 3.88. The molecule has 3 fully saturated rings. The van der Waals surface area contributed by atoms with E-state index in [2.05, 4.69) is 5.43 Å². The van der Waals surface area contributed by atoms with E-state index in [1.54, 1.807) is 55.5 Å². The number of nitro benzene ring substituents is 1. The highest BCUT2D eigenvalue weighted by molar-refractivity contribution is 6.36. The summed E-state index contributed by atoms with van der Waals surface area (Å²) in [7, 11) is 1.52. The molecule has 2 N–H and O–H groups in total. The number of aromatic hydroxyl groups is 1. The number of fused-ring (bicyclic) bond motifs is 4. The van der Waals surface area contributed by atoms with Gasteiger partial charge in [-0.15, -0.1) is 0 Å². The van der Waals surface area contributed by atoms with Crippen LogP contribution in [0.4, 0.5) is 17.1 Å². The summed E-state index contributed by atoms with van der Waals surface area (Å²) >= 11 is 12.7. The number of carbonyl (C=O) groups excluding carboxylic acids is 4. The summed E-state index contributed by atoms with van der Waals surface area (Å²) in [6.45, 7) is 1.73. The van der Waals surface area contributed by atoms with Crippen molar-refractivity contribution in [2.45, 2.75) is 31.1 Å². The molecule has 54 heavy (non-hydrogen) atoms. The number of hydrogen-bond acceptors (Lipinski definition) is 9. The van der Waals surface area contributed by atoms with Gasteiger partial charge in [-0.25, -0.2) is 4.90 Å². The number of phenols is 1. The number of phenolic OH excluding ortho intramolecular Hbond substituents is 1. The van der Waals surface area contributed by atoms with Crippen molar-refractivity contribution in [1.29, 1.82) is 0 Å². The number of aryl methyl sites for hydroxylation is 1. The van der Waals surface area contributed by atoms with Gasteiger partial charge in [0.25, 0.3) is 17.5 Å². The smallest absolute Gasteiger partial charge is 0.271 e. The maximum absolute atomic E-state index is 15.4. The Balaban J connectivity index is 1.32. The number of carbonyl (C=O) groups is 4. The minimum absolute atomic E-state index is 0.0332. The molecule has 0 aromatic heterocycles. The van der Waals surface area contributed by atoms with E-state index < -0.39 is 63.6 Å². The molecule has 8 rings (SSSR count). The van der Waals surface area contributed by atoms with Crippen molar-refractivity contribution >= 4 is 63.9 Å². The van der Waals surface area contributed by atoms with E-state index in [-0.39, 0.29) is 40.7 Å². The van der Waals surface area contributed by atoms with Gasteiger partial charge in [0.2, 0.25) is 11.8 Å². The number of methoxy groups -OCH3 is 1. The van der Waals surface area contributed by atoms with Crippen LogP contribution in [0.1, 0.15) is 35.4 Å². The lowest BCUT2D eigenvalue weighted by Gasteiger charge is -2.50. The third-order valence-electron chi connectivity index (χ3n) is 11.4. The molecule has 4 aliphatic rings. The Bertz CT molecular complexity index is 2330. The number of non-ortho nitro benzene ring substituents is 1. The van der Waals surface area contributed by atoms with Gasteiger partial charge in [-0.3, -0.25) is 34.7 Å². The summed E-state index contributed by atoms with van der Waals surface area (Å²) in [6.07, 6.45) is 2.10. The van der Waals surface area contributed by atoms with Gasteiger partial charge >= 0.3 is 0 Å². The van der Waals surface area contributed by atoms with Crippen LogP contribution in [-0.4, -0.2) is 45.8 Å². The summed E-state index contributed by atoms with van der Waals surface area (Å²) < 4.78 is 5.45. The molecular weight excluding hydrogens is 735 g/mol. The number of nitrogens with zero attached hydrogens (tertiary/aromatic N) is 3. The molecule has 2 aliphatic carbocycles. The van der Waals surface area contributed by atoms with Crippen molar-refractivity contribution in [3.63, 3.8) is 0 Å². The molecule has 4 aromatic carbocycles. The van der Waals surface area contributed by atoms with Crippen LogP contribution >= 0.6 is 23.2 Å². The van der Waals surface area contributed by atoms with E-state index in [0.717, 1.165) is 9.91 Å². The van der Waals surface area contributed by atoms with E-state index in [9.17, 15) is 29.6 Å². The number of hydrazine groups is 1. The average Bonchev–Trinajstić information content (AvgIpc) is 3.54. The van der Waals surface area contributed by atoms with Crippen molar-refractivity contribution in [1.82, 2.24) is 5.01 Å². The molecule has 14 heteroatoms. The zero-order valence-corrected chi connectivity index (χ0v) is 30.4. The zero-order chi connectivity index (χ0) is 38.2. The highest BCUT2D eigenvalue weighted by Crippen LogP contribution is 2.64. The Morgan fingerprint density at radius 2 is 1.69 bits per heavy atom. The fourth-order valence-corrected chi connectivity index (χ4v) is 9.53. The molecule has 12 nitrogen and oxygen atoms in total. The lowest BCUT2D eigenvalue weighted by Crippen LogP contribution is -2.53. The first-order valence-corrected chi connectivity index (χ1v) is 18.0. The van der Waals surface area contributed by atoms with Crippen LogP contribution < -0.4 is 15.1 Å². The molecule has 2 saturated heterocycles.